The molecule has 0 radical (unpaired) electrons. The lowest BCUT2D eigenvalue weighted by Gasteiger charge is -2.19. The Morgan fingerprint density at radius 3 is 2.04 bits per heavy atom. The third kappa shape index (κ3) is 5.08. The summed E-state index contributed by atoms with van der Waals surface area (Å²) in [5.41, 5.74) is 2.42. The Bertz CT molecular complexity index is 800. The van der Waals surface area contributed by atoms with Crippen LogP contribution in [0.5, 0.6) is 0 Å². The quantitative estimate of drug-likeness (QED) is 0.571. The Kier molecular flexibility index (Phi) is 6.14. The van der Waals surface area contributed by atoms with Gasteiger partial charge in [0, 0.05) is 6.42 Å². The Labute approximate surface area is 163 Å². The van der Waals surface area contributed by atoms with Crippen molar-refractivity contribution in [2.75, 3.05) is 6.61 Å². The largest absolute Gasteiger partial charge is 0.459 e. The van der Waals surface area contributed by atoms with E-state index in [4.69, 9.17) is 25.8 Å². The molecule has 0 bridgehead atoms. The summed E-state index contributed by atoms with van der Waals surface area (Å²) >= 11 is 6.05. The fourth-order valence-electron chi connectivity index (χ4n) is 2.76. The highest BCUT2D eigenvalue weighted by Gasteiger charge is 2.38. The Morgan fingerprint density at radius 1 is 0.963 bits per heavy atom. The van der Waals surface area contributed by atoms with Gasteiger partial charge in [-0.3, -0.25) is 0 Å². The molecule has 0 aliphatic carbocycles. The van der Waals surface area contributed by atoms with Crippen molar-refractivity contribution in [2.24, 2.45) is 0 Å². The van der Waals surface area contributed by atoms with Crippen molar-refractivity contribution in [2.45, 2.75) is 38.0 Å². The van der Waals surface area contributed by atoms with Gasteiger partial charge in [0.2, 0.25) is 0 Å². The zero-order chi connectivity index (χ0) is 19.4. The average Bonchev–Trinajstić information content (AvgIpc) is 3.00. The number of hydrogen-bond acceptors (Lipinski definition) is 5. The second-order valence-corrected chi connectivity index (χ2v) is 7.08. The van der Waals surface area contributed by atoms with E-state index in [1.165, 1.54) is 0 Å². The molecule has 5 nitrogen and oxygen atoms in total. The third-order valence-corrected chi connectivity index (χ3v) is 4.65. The molecule has 0 amide bonds. The topological polar surface area (TPSA) is 61.8 Å². The fourth-order valence-corrected chi connectivity index (χ4v) is 3.07. The minimum atomic E-state index is -0.601. The average molecular weight is 389 g/mol. The first-order valence-electron chi connectivity index (χ1n) is 8.73. The van der Waals surface area contributed by atoms with E-state index in [0.717, 1.165) is 11.1 Å². The summed E-state index contributed by atoms with van der Waals surface area (Å²) in [6.45, 7) is 3.84. The predicted molar refractivity (Wildman–Crippen MR) is 101 cm³/mol. The van der Waals surface area contributed by atoms with Crippen LogP contribution in [0.4, 0.5) is 0 Å². The van der Waals surface area contributed by atoms with Gasteiger partial charge in [-0.1, -0.05) is 47.0 Å². The zero-order valence-electron chi connectivity index (χ0n) is 15.2. The van der Waals surface area contributed by atoms with Crippen LogP contribution in [0.2, 0.25) is 0 Å². The molecule has 27 heavy (non-hydrogen) atoms. The summed E-state index contributed by atoms with van der Waals surface area (Å²) in [5.74, 6) is -0.913. The molecule has 6 heteroatoms. The minimum Gasteiger partial charge on any atom is -0.459 e. The van der Waals surface area contributed by atoms with Crippen LogP contribution in [0.1, 0.15) is 38.3 Å². The van der Waals surface area contributed by atoms with Crippen LogP contribution in [-0.2, 0) is 14.2 Å². The number of carbonyl (C=O) groups excluding carboxylic acids is 2. The second-order valence-electron chi connectivity index (χ2n) is 6.59. The molecule has 1 aliphatic rings. The summed E-state index contributed by atoms with van der Waals surface area (Å²) in [6, 6.07) is 14.2. The van der Waals surface area contributed by atoms with E-state index in [1.807, 2.05) is 38.1 Å². The Morgan fingerprint density at radius 2 is 1.48 bits per heavy atom. The molecule has 2 aromatic carbocycles. The number of benzene rings is 2. The number of halogens is 1. The molecule has 1 aliphatic heterocycles. The smallest absolute Gasteiger partial charge is 0.338 e. The standard InChI is InChI=1S/C21H21ClO5/c1-13-3-7-15(8-4-13)20(23)25-12-18-17(11-19(22)26-18)27-21(24)16-9-5-14(2)6-10-16/h3-10,17-19H,11-12H2,1-2H3/t17?,18-,19+/m1/s1. The third-order valence-electron chi connectivity index (χ3n) is 4.37. The maximum absolute atomic E-state index is 12.3. The monoisotopic (exact) mass is 388 g/mol. The SMILES string of the molecule is Cc1ccc(C(=O)OC[C@H]2O[C@H](Cl)CC2OC(=O)c2ccc(C)cc2)cc1. The number of esters is 2. The molecular formula is C21H21ClO5. The number of ether oxygens (including phenoxy) is 3. The van der Waals surface area contributed by atoms with Crippen molar-refractivity contribution in [1.29, 1.82) is 0 Å². The maximum atomic E-state index is 12.3. The highest BCUT2D eigenvalue weighted by Crippen LogP contribution is 2.27. The molecular weight excluding hydrogens is 368 g/mol. The van der Waals surface area contributed by atoms with Crippen LogP contribution in [-0.4, -0.2) is 36.3 Å². The molecule has 142 valence electrons. The van der Waals surface area contributed by atoms with E-state index in [-0.39, 0.29) is 6.61 Å². The van der Waals surface area contributed by atoms with Crippen molar-refractivity contribution in [3.63, 3.8) is 0 Å². The molecule has 0 spiro atoms. The van der Waals surface area contributed by atoms with Gasteiger partial charge < -0.3 is 14.2 Å². The van der Waals surface area contributed by atoms with Gasteiger partial charge in [0.25, 0.3) is 0 Å². The van der Waals surface area contributed by atoms with Gasteiger partial charge in [0.1, 0.15) is 24.4 Å². The van der Waals surface area contributed by atoms with Crippen molar-refractivity contribution >= 4 is 23.5 Å². The van der Waals surface area contributed by atoms with Gasteiger partial charge in [0.15, 0.2) is 0 Å². The lowest BCUT2D eigenvalue weighted by molar-refractivity contribution is -0.0322. The number of aryl methyl sites for hydroxylation is 2. The first kappa shape index (κ1) is 19.4. The summed E-state index contributed by atoms with van der Waals surface area (Å²) in [7, 11) is 0. The maximum Gasteiger partial charge on any atom is 0.338 e. The molecule has 1 heterocycles. The molecule has 1 unspecified atom stereocenters. The van der Waals surface area contributed by atoms with Gasteiger partial charge in [-0.25, -0.2) is 9.59 Å². The molecule has 3 rings (SSSR count). The van der Waals surface area contributed by atoms with E-state index >= 15 is 0 Å². The molecule has 0 aromatic heterocycles. The van der Waals surface area contributed by atoms with Gasteiger partial charge in [-0.15, -0.1) is 0 Å². The van der Waals surface area contributed by atoms with Crippen molar-refractivity contribution < 1.29 is 23.8 Å². The van der Waals surface area contributed by atoms with E-state index < -0.39 is 29.7 Å². The first-order valence-corrected chi connectivity index (χ1v) is 9.17. The van der Waals surface area contributed by atoms with Crippen molar-refractivity contribution in [3.8, 4) is 0 Å². The summed E-state index contributed by atoms with van der Waals surface area (Å²) < 4.78 is 16.4. The molecule has 3 atom stereocenters. The van der Waals surface area contributed by atoms with Crippen LogP contribution in [0.25, 0.3) is 0 Å². The number of rotatable bonds is 5. The van der Waals surface area contributed by atoms with Crippen LogP contribution in [0, 0.1) is 13.8 Å². The fraction of sp³-hybridized carbons (Fsp3) is 0.333. The van der Waals surface area contributed by atoms with Crippen LogP contribution >= 0.6 is 11.6 Å². The number of alkyl halides is 1. The number of carbonyl (C=O) groups is 2. The van der Waals surface area contributed by atoms with Crippen molar-refractivity contribution in [1.82, 2.24) is 0 Å². The van der Waals surface area contributed by atoms with Gasteiger partial charge in [-0.05, 0) is 38.1 Å². The van der Waals surface area contributed by atoms with Crippen LogP contribution in [0.3, 0.4) is 0 Å². The Balaban J connectivity index is 1.58. The normalized spacial score (nSPS) is 21.7. The molecule has 0 saturated carbocycles. The minimum absolute atomic E-state index is 0.0399. The molecule has 0 N–H and O–H groups in total. The molecule has 2 aromatic rings. The lowest BCUT2D eigenvalue weighted by atomic mass is 10.1. The second kappa shape index (κ2) is 8.55. The summed E-state index contributed by atoms with van der Waals surface area (Å²) in [4.78, 5) is 24.5. The lowest BCUT2D eigenvalue weighted by Crippen LogP contribution is -2.32. The molecule has 1 fully saturated rings. The van der Waals surface area contributed by atoms with E-state index in [9.17, 15) is 9.59 Å². The van der Waals surface area contributed by atoms with Gasteiger partial charge in [-0.2, -0.15) is 0 Å². The first-order chi connectivity index (χ1) is 12.9. The predicted octanol–water partition coefficient (Wildman–Crippen LogP) is 4.04. The summed E-state index contributed by atoms with van der Waals surface area (Å²) in [6.07, 6.45) is -0.838. The zero-order valence-corrected chi connectivity index (χ0v) is 15.9. The number of hydrogen-bond donors (Lipinski definition) is 0. The van der Waals surface area contributed by atoms with Crippen LogP contribution < -0.4 is 0 Å². The van der Waals surface area contributed by atoms with Crippen molar-refractivity contribution in [3.05, 3.63) is 70.8 Å². The highest BCUT2D eigenvalue weighted by molar-refractivity contribution is 6.19. The van der Waals surface area contributed by atoms with E-state index in [2.05, 4.69) is 0 Å². The van der Waals surface area contributed by atoms with E-state index in [1.54, 1.807) is 24.3 Å². The Hall–Kier alpha value is -2.37. The van der Waals surface area contributed by atoms with Gasteiger partial charge in [0.05, 0.1) is 11.1 Å². The van der Waals surface area contributed by atoms with Crippen LogP contribution in [0.15, 0.2) is 48.5 Å². The summed E-state index contributed by atoms with van der Waals surface area (Å²) in [5, 5.41) is 0. The van der Waals surface area contributed by atoms with E-state index in [0.29, 0.717) is 17.5 Å². The highest BCUT2D eigenvalue weighted by atomic mass is 35.5. The van der Waals surface area contributed by atoms with Gasteiger partial charge >= 0.3 is 11.9 Å². The molecule has 1 saturated heterocycles.